The lowest BCUT2D eigenvalue weighted by Gasteiger charge is -2.21. The van der Waals surface area contributed by atoms with Gasteiger partial charge in [0.15, 0.2) is 0 Å². The third-order valence-electron chi connectivity index (χ3n) is 4.79. The fourth-order valence-electron chi connectivity index (χ4n) is 3.08. The summed E-state index contributed by atoms with van der Waals surface area (Å²) in [5.74, 6) is -0.175. The summed E-state index contributed by atoms with van der Waals surface area (Å²) >= 11 is 6.27. The van der Waals surface area contributed by atoms with Gasteiger partial charge in [-0.25, -0.2) is 8.42 Å². The summed E-state index contributed by atoms with van der Waals surface area (Å²) in [6, 6.07) is 20.3. The van der Waals surface area contributed by atoms with E-state index in [1.807, 2.05) is 38.1 Å². The van der Waals surface area contributed by atoms with Crippen LogP contribution in [-0.2, 0) is 10.0 Å². The van der Waals surface area contributed by atoms with Crippen molar-refractivity contribution < 1.29 is 13.2 Å². The van der Waals surface area contributed by atoms with E-state index < -0.39 is 15.9 Å². The Bertz CT molecular complexity index is 1160. The number of anilines is 2. The van der Waals surface area contributed by atoms with Gasteiger partial charge in [0.1, 0.15) is 0 Å². The summed E-state index contributed by atoms with van der Waals surface area (Å²) in [7, 11) is -2.32. The largest absolute Gasteiger partial charge is 0.322 e. The van der Waals surface area contributed by atoms with Crippen molar-refractivity contribution in [2.75, 3.05) is 16.7 Å². The van der Waals surface area contributed by atoms with Crippen molar-refractivity contribution in [3.05, 3.63) is 88.9 Å². The molecule has 156 valence electrons. The number of sulfonamides is 1. The highest BCUT2D eigenvalue weighted by Crippen LogP contribution is 2.29. The molecule has 30 heavy (non-hydrogen) atoms. The van der Waals surface area contributed by atoms with Crippen molar-refractivity contribution >= 4 is 38.9 Å². The van der Waals surface area contributed by atoms with E-state index in [9.17, 15) is 13.2 Å². The normalized spacial score (nSPS) is 11.4. The lowest BCUT2D eigenvalue weighted by atomic mass is 10.0. The van der Waals surface area contributed by atoms with Crippen LogP contribution in [0.1, 0.15) is 35.7 Å². The van der Waals surface area contributed by atoms with E-state index in [-0.39, 0.29) is 21.4 Å². The number of nitrogens with one attached hydrogen (secondary N) is 1. The molecule has 3 aromatic rings. The summed E-state index contributed by atoms with van der Waals surface area (Å²) in [4.78, 5) is 13.1. The Morgan fingerprint density at radius 3 is 2.27 bits per heavy atom. The minimum atomic E-state index is -3.77. The van der Waals surface area contributed by atoms with Gasteiger partial charge in [-0.15, -0.1) is 0 Å². The van der Waals surface area contributed by atoms with Crippen molar-refractivity contribution in [1.29, 1.82) is 0 Å². The monoisotopic (exact) mass is 442 g/mol. The molecule has 0 aliphatic rings. The zero-order chi connectivity index (χ0) is 21.9. The van der Waals surface area contributed by atoms with Gasteiger partial charge in [0.05, 0.1) is 21.2 Å². The number of rotatable bonds is 6. The highest BCUT2D eigenvalue weighted by Gasteiger charge is 2.23. The molecule has 0 atom stereocenters. The van der Waals surface area contributed by atoms with Gasteiger partial charge in [-0.2, -0.15) is 0 Å². The molecule has 0 aliphatic carbocycles. The first-order valence-corrected chi connectivity index (χ1v) is 11.3. The van der Waals surface area contributed by atoms with Crippen LogP contribution in [0.3, 0.4) is 0 Å². The Labute approximate surface area is 182 Å². The summed E-state index contributed by atoms with van der Waals surface area (Å²) in [6.07, 6.45) is 0. The summed E-state index contributed by atoms with van der Waals surface area (Å²) < 4.78 is 26.9. The third-order valence-corrected chi connectivity index (χ3v) is 6.92. The maximum atomic E-state index is 12.9. The first kappa shape index (κ1) is 21.9. The number of hydrogen-bond donors (Lipinski definition) is 1. The van der Waals surface area contributed by atoms with Crippen LogP contribution in [0.25, 0.3) is 0 Å². The number of carbonyl (C=O) groups excluding carboxylic acids is 1. The predicted octanol–water partition coefficient (Wildman–Crippen LogP) is 5.54. The summed E-state index contributed by atoms with van der Waals surface area (Å²) in [5, 5.41) is 3.13. The van der Waals surface area contributed by atoms with Gasteiger partial charge in [-0.05, 0) is 47.9 Å². The summed E-state index contributed by atoms with van der Waals surface area (Å²) in [6.45, 7) is 4.09. The quantitative estimate of drug-likeness (QED) is 0.544. The van der Waals surface area contributed by atoms with Crippen LogP contribution in [-0.4, -0.2) is 21.4 Å². The first-order valence-electron chi connectivity index (χ1n) is 9.45. The SMILES string of the molecule is CC(C)c1ccccc1NC(=O)c1cc(N(C)S(=O)(=O)c2ccccc2)ccc1Cl. The van der Waals surface area contributed by atoms with Crippen LogP contribution in [0.5, 0.6) is 0 Å². The summed E-state index contributed by atoms with van der Waals surface area (Å²) in [5.41, 5.74) is 2.24. The van der Waals surface area contributed by atoms with Gasteiger partial charge in [-0.1, -0.05) is 61.8 Å². The van der Waals surface area contributed by atoms with Crippen molar-refractivity contribution in [2.24, 2.45) is 0 Å². The Morgan fingerprint density at radius 1 is 0.967 bits per heavy atom. The van der Waals surface area contributed by atoms with Crippen LogP contribution < -0.4 is 9.62 Å². The molecule has 3 rings (SSSR count). The second-order valence-corrected chi connectivity index (χ2v) is 9.52. The first-order chi connectivity index (χ1) is 14.2. The lowest BCUT2D eigenvalue weighted by Crippen LogP contribution is -2.27. The van der Waals surface area contributed by atoms with Gasteiger partial charge < -0.3 is 5.32 Å². The number of halogens is 1. The Hall–Kier alpha value is -2.83. The molecule has 0 aromatic heterocycles. The molecule has 0 saturated heterocycles. The topological polar surface area (TPSA) is 66.5 Å². The molecule has 0 unspecified atom stereocenters. The van der Waals surface area contributed by atoms with E-state index in [1.165, 1.54) is 31.3 Å². The van der Waals surface area contributed by atoms with Gasteiger partial charge in [0.25, 0.3) is 15.9 Å². The Morgan fingerprint density at radius 2 is 1.60 bits per heavy atom. The molecule has 7 heteroatoms. The van der Waals surface area contributed by atoms with Crippen molar-refractivity contribution in [3.8, 4) is 0 Å². The van der Waals surface area contributed by atoms with Gasteiger partial charge in [0.2, 0.25) is 0 Å². The van der Waals surface area contributed by atoms with Crippen LogP contribution >= 0.6 is 11.6 Å². The average molecular weight is 443 g/mol. The highest BCUT2D eigenvalue weighted by atomic mass is 35.5. The molecule has 0 radical (unpaired) electrons. The molecule has 0 aliphatic heterocycles. The molecule has 5 nitrogen and oxygen atoms in total. The number of hydrogen-bond acceptors (Lipinski definition) is 3. The second-order valence-electron chi connectivity index (χ2n) is 7.15. The molecule has 0 saturated carbocycles. The van der Waals surface area contributed by atoms with Crippen LogP contribution in [0.15, 0.2) is 77.7 Å². The molecule has 1 amide bonds. The minimum Gasteiger partial charge on any atom is -0.322 e. The van der Waals surface area contributed by atoms with E-state index in [0.717, 1.165) is 9.87 Å². The van der Waals surface area contributed by atoms with Gasteiger partial charge in [0, 0.05) is 12.7 Å². The van der Waals surface area contributed by atoms with E-state index in [2.05, 4.69) is 5.32 Å². The molecule has 0 heterocycles. The highest BCUT2D eigenvalue weighted by molar-refractivity contribution is 7.92. The van der Waals surface area contributed by atoms with E-state index in [4.69, 9.17) is 11.6 Å². The van der Waals surface area contributed by atoms with Crippen LogP contribution in [0, 0.1) is 0 Å². The zero-order valence-corrected chi connectivity index (χ0v) is 18.5. The van der Waals surface area contributed by atoms with Gasteiger partial charge in [-0.3, -0.25) is 9.10 Å². The van der Waals surface area contributed by atoms with Gasteiger partial charge >= 0.3 is 0 Å². The predicted molar refractivity (Wildman–Crippen MR) is 122 cm³/mol. The molecular formula is C23H23ClN2O3S. The van der Waals surface area contributed by atoms with Crippen molar-refractivity contribution in [2.45, 2.75) is 24.7 Å². The zero-order valence-electron chi connectivity index (χ0n) is 17.0. The average Bonchev–Trinajstić information content (AvgIpc) is 2.74. The van der Waals surface area contributed by atoms with E-state index in [0.29, 0.717) is 11.4 Å². The molecule has 3 aromatic carbocycles. The molecule has 0 bridgehead atoms. The maximum Gasteiger partial charge on any atom is 0.264 e. The number of carbonyl (C=O) groups is 1. The Balaban J connectivity index is 1.93. The fraction of sp³-hybridized carbons (Fsp3) is 0.174. The third kappa shape index (κ3) is 4.50. The molecule has 0 fully saturated rings. The number of para-hydroxylation sites is 1. The van der Waals surface area contributed by atoms with E-state index >= 15 is 0 Å². The maximum absolute atomic E-state index is 12.9. The number of benzene rings is 3. The van der Waals surface area contributed by atoms with Crippen LogP contribution in [0.2, 0.25) is 5.02 Å². The lowest BCUT2D eigenvalue weighted by molar-refractivity contribution is 0.102. The van der Waals surface area contributed by atoms with Crippen molar-refractivity contribution in [1.82, 2.24) is 0 Å². The van der Waals surface area contributed by atoms with E-state index in [1.54, 1.807) is 24.3 Å². The Kier molecular flexibility index (Phi) is 6.48. The fourth-order valence-corrected chi connectivity index (χ4v) is 4.49. The molecule has 0 spiro atoms. The number of nitrogens with zero attached hydrogens (tertiary/aromatic N) is 1. The van der Waals surface area contributed by atoms with Crippen LogP contribution in [0.4, 0.5) is 11.4 Å². The number of amides is 1. The standard InChI is InChI=1S/C23H23ClN2O3S/c1-16(2)19-11-7-8-12-22(19)25-23(27)20-15-17(13-14-21(20)24)26(3)30(28,29)18-9-5-4-6-10-18/h4-16H,1-3H3,(H,25,27). The molecule has 1 N–H and O–H groups in total. The van der Waals surface area contributed by atoms with Crippen molar-refractivity contribution in [3.63, 3.8) is 0 Å². The minimum absolute atomic E-state index is 0.166. The second kappa shape index (κ2) is 8.90. The smallest absolute Gasteiger partial charge is 0.264 e. The molecular weight excluding hydrogens is 420 g/mol.